The van der Waals surface area contributed by atoms with Crippen molar-refractivity contribution in [2.45, 2.75) is 0 Å². The van der Waals surface area contributed by atoms with E-state index in [1.807, 2.05) is 30.3 Å². The zero-order chi connectivity index (χ0) is 37.7. The molecule has 0 aliphatic rings. The minimum atomic E-state index is 0.636. The second-order valence-electron chi connectivity index (χ2n) is 14.4. The van der Waals surface area contributed by atoms with Crippen LogP contribution in [0, 0.1) is 0 Å². The normalized spacial score (nSPS) is 11.5. The van der Waals surface area contributed by atoms with Gasteiger partial charge in [-0.15, -0.1) is 0 Å². The molecule has 0 amide bonds. The Balaban J connectivity index is 1.03. The lowest BCUT2D eigenvalue weighted by Gasteiger charge is -2.27. The van der Waals surface area contributed by atoms with Crippen LogP contribution in [0.15, 0.2) is 217 Å². The molecule has 4 heteroatoms. The van der Waals surface area contributed by atoms with Crippen LogP contribution in [0.25, 0.3) is 83.1 Å². The standard InChI is InChI=1S/C53H35N3O/c1-4-13-36(14-5-1)37-23-29-43(30-24-37)55(49-21-12-22-50-51(49)46-19-10-11-20-48(46)56(50)42-17-8-3-9-18-42)44-31-25-38(26-32-44)40-27-33-45-41(35-40)28-34-47-52(45)57-53(54-47)39-15-6-2-7-16-39/h1-35H. The van der Waals surface area contributed by atoms with E-state index in [2.05, 4.69) is 191 Å². The van der Waals surface area contributed by atoms with Crippen LogP contribution in [-0.2, 0) is 0 Å². The van der Waals surface area contributed by atoms with Gasteiger partial charge in [-0.25, -0.2) is 4.98 Å². The van der Waals surface area contributed by atoms with Gasteiger partial charge in [-0.1, -0.05) is 127 Å². The fourth-order valence-corrected chi connectivity index (χ4v) is 8.30. The zero-order valence-corrected chi connectivity index (χ0v) is 31.0. The molecule has 0 aliphatic carbocycles. The van der Waals surface area contributed by atoms with Crippen LogP contribution in [0.2, 0.25) is 0 Å². The van der Waals surface area contributed by atoms with Gasteiger partial charge in [-0.2, -0.15) is 0 Å². The number of hydrogen-bond acceptors (Lipinski definition) is 3. The summed E-state index contributed by atoms with van der Waals surface area (Å²) < 4.78 is 8.71. The smallest absolute Gasteiger partial charge is 0.227 e. The largest absolute Gasteiger partial charge is 0.435 e. The SMILES string of the molecule is c1ccc(-c2ccc(N(c3ccc(-c4ccc5c(ccc6nc(-c7ccccc7)oc65)c4)cc3)c3cccc4c3c3ccccc3n4-c3ccccc3)cc2)cc1. The summed E-state index contributed by atoms with van der Waals surface area (Å²) in [4.78, 5) is 7.19. The average Bonchev–Trinajstić information content (AvgIpc) is 3.88. The fraction of sp³-hybridized carbons (Fsp3) is 0. The third-order valence-corrected chi connectivity index (χ3v) is 11.0. The quantitative estimate of drug-likeness (QED) is 0.164. The van der Waals surface area contributed by atoms with Crippen LogP contribution >= 0.6 is 0 Å². The third-order valence-electron chi connectivity index (χ3n) is 11.0. The number of fused-ring (bicyclic) bond motifs is 6. The van der Waals surface area contributed by atoms with Crippen molar-refractivity contribution in [1.29, 1.82) is 0 Å². The second kappa shape index (κ2) is 13.6. The van der Waals surface area contributed by atoms with Crippen molar-refractivity contribution in [1.82, 2.24) is 9.55 Å². The number of benzene rings is 9. The molecule has 11 rings (SSSR count). The number of para-hydroxylation sites is 2. The van der Waals surface area contributed by atoms with Crippen LogP contribution in [-0.4, -0.2) is 9.55 Å². The molecule has 0 N–H and O–H groups in total. The van der Waals surface area contributed by atoms with Crippen molar-refractivity contribution in [3.05, 3.63) is 212 Å². The number of anilines is 3. The van der Waals surface area contributed by atoms with E-state index >= 15 is 0 Å². The molecular weight excluding hydrogens is 695 g/mol. The molecule has 4 nitrogen and oxygen atoms in total. The van der Waals surface area contributed by atoms with Crippen molar-refractivity contribution in [3.63, 3.8) is 0 Å². The van der Waals surface area contributed by atoms with Gasteiger partial charge >= 0.3 is 0 Å². The molecule has 0 atom stereocenters. The van der Waals surface area contributed by atoms with Gasteiger partial charge in [0, 0.05) is 38.8 Å². The minimum absolute atomic E-state index is 0.636. The monoisotopic (exact) mass is 729 g/mol. The van der Waals surface area contributed by atoms with Crippen LogP contribution in [0.3, 0.4) is 0 Å². The summed E-state index contributed by atoms with van der Waals surface area (Å²) in [5, 5.41) is 4.58. The third kappa shape index (κ3) is 5.66. The van der Waals surface area contributed by atoms with E-state index < -0.39 is 0 Å². The summed E-state index contributed by atoms with van der Waals surface area (Å²) in [7, 11) is 0. The molecular formula is C53H35N3O. The highest BCUT2D eigenvalue weighted by molar-refractivity contribution is 6.16. The molecule has 2 heterocycles. The van der Waals surface area contributed by atoms with Gasteiger partial charge in [0.05, 0.1) is 16.7 Å². The van der Waals surface area contributed by atoms with E-state index in [-0.39, 0.29) is 0 Å². The average molecular weight is 730 g/mol. The lowest BCUT2D eigenvalue weighted by molar-refractivity contribution is 0.623. The van der Waals surface area contributed by atoms with Crippen molar-refractivity contribution in [2.75, 3.05) is 4.90 Å². The second-order valence-corrected chi connectivity index (χ2v) is 14.4. The van der Waals surface area contributed by atoms with E-state index in [1.54, 1.807) is 0 Å². The Morgan fingerprint density at radius 2 is 1.00 bits per heavy atom. The minimum Gasteiger partial charge on any atom is -0.435 e. The first-order valence-electron chi connectivity index (χ1n) is 19.3. The number of hydrogen-bond donors (Lipinski definition) is 0. The highest BCUT2D eigenvalue weighted by Gasteiger charge is 2.21. The van der Waals surface area contributed by atoms with E-state index in [0.29, 0.717) is 5.89 Å². The molecule has 0 bridgehead atoms. The van der Waals surface area contributed by atoms with Gasteiger partial charge in [-0.05, 0) is 113 Å². The molecule has 11 aromatic rings. The first kappa shape index (κ1) is 32.7. The Hall–Kier alpha value is -7.69. The predicted octanol–water partition coefficient (Wildman–Crippen LogP) is 14.5. The Morgan fingerprint density at radius 1 is 0.421 bits per heavy atom. The van der Waals surface area contributed by atoms with Crippen LogP contribution in [0.4, 0.5) is 17.1 Å². The first-order chi connectivity index (χ1) is 28.3. The fourth-order valence-electron chi connectivity index (χ4n) is 8.30. The van der Waals surface area contributed by atoms with Crippen molar-refractivity contribution >= 4 is 60.7 Å². The number of oxazole rings is 1. The van der Waals surface area contributed by atoms with E-state index in [0.717, 1.165) is 66.8 Å². The van der Waals surface area contributed by atoms with E-state index in [4.69, 9.17) is 9.40 Å². The highest BCUT2D eigenvalue weighted by Crippen LogP contribution is 2.44. The van der Waals surface area contributed by atoms with Crippen molar-refractivity contribution in [3.8, 4) is 39.4 Å². The summed E-state index contributed by atoms with van der Waals surface area (Å²) in [6.07, 6.45) is 0. The Morgan fingerprint density at radius 3 is 1.72 bits per heavy atom. The Bertz CT molecular complexity index is 3200. The molecule has 268 valence electrons. The van der Waals surface area contributed by atoms with Crippen LogP contribution in [0.5, 0.6) is 0 Å². The van der Waals surface area contributed by atoms with Crippen LogP contribution < -0.4 is 4.90 Å². The maximum atomic E-state index is 6.34. The summed E-state index contributed by atoms with van der Waals surface area (Å²) in [5.41, 5.74) is 14.1. The van der Waals surface area contributed by atoms with Gasteiger partial charge in [0.1, 0.15) is 5.52 Å². The van der Waals surface area contributed by atoms with Crippen molar-refractivity contribution in [2.24, 2.45) is 0 Å². The summed E-state index contributed by atoms with van der Waals surface area (Å²) >= 11 is 0. The maximum Gasteiger partial charge on any atom is 0.227 e. The lowest BCUT2D eigenvalue weighted by Crippen LogP contribution is -2.10. The molecule has 0 aliphatic heterocycles. The van der Waals surface area contributed by atoms with E-state index in [9.17, 15) is 0 Å². The van der Waals surface area contributed by atoms with Gasteiger partial charge in [0.2, 0.25) is 5.89 Å². The van der Waals surface area contributed by atoms with Gasteiger partial charge in [-0.3, -0.25) is 0 Å². The molecule has 57 heavy (non-hydrogen) atoms. The van der Waals surface area contributed by atoms with Gasteiger partial charge in [0.15, 0.2) is 5.58 Å². The number of nitrogens with zero attached hydrogens (tertiary/aromatic N) is 3. The zero-order valence-electron chi connectivity index (χ0n) is 31.0. The molecule has 0 saturated heterocycles. The lowest BCUT2D eigenvalue weighted by atomic mass is 10.00. The molecule has 2 aromatic heterocycles. The summed E-state index contributed by atoms with van der Waals surface area (Å²) in [6, 6.07) is 75.3. The summed E-state index contributed by atoms with van der Waals surface area (Å²) in [6.45, 7) is 0. The molecule has 0 radical (unpaired) electrons. The predicted molar refractivity (Wildman–Crippen MR) is 237 cm³/mol. The van der Waals surface area contributed by atoms with Gasteiger partial charge < -0.3 is 13.9 Å². The van der Waals surface area contributed by atoms with Crippen molar-refractivity contribution < 1.29 is 4.42 Å². The van der Waals surface area contributed by atoms with Gasteiger partial charge in [0.25, 0.3) is 0 Å². The first-order valence-corrected chi connectivity index (χ1v) is 19.3. The number of aromatic nitrogens is 2. The molecule has 0 saturated carbocycles. The summed E-state index contributed by atoms with van der Waals surface area (Å²) in [5.74, 6) is 0.636. The molecule has 9 aromatic carbocycles. The highest BCUT2D eigenvalue weighted by atomic mass is 16.3. The topological polar surface area (TPSA) is 34.2 Å². The maximum absolute atomic E-state index is 6.34. The molecule has 0 spiro atoms. The Kier molecular flexibility index (Phi) is 7.78. The van der Waals surface area contributed by atoms with E-state index in [1.165, 1.54) is 27.4 Å². The van der Waals surface area contributed by atoms with Crippen LogP contribution in [0.1, 0.15) is 0 Å². The molecule has 0 fully saturated rings. The Labute approximate surface area is 330 Å². The molecule has 0 unspecified atom stereocenters. The number of rotatable bonds is 7.